The van der Waals surface area contributed by atoms with E-state index in [1.54, 1.807) is 0 Å². The Hall–Kier alpha value is -11.5. The smallest absolute Gasteiger partial charge is 0.340 e. The minimum atomic E-state index is -2.71. The summed E-state index contributed by atoms with van der Waals surface area (Å²) in [5, 5.41) is 191. The minimum Gasteiger partial charge on any atom is -0.504 e. The number of benzene rings is 6. The van der Waals surface area contributed by atoms with Gasteiger partial charge >= 0.3 is 35.8 Å². The molecule has 3 heterocycles. The monoisotopic (exact) mass is 1100 g/mol. The van der Waals surface area contributed by atoms with Crippen LogP contribution in [0.15, 0.2) is 42.5 Å². The van der Waals surface area contributed by atoms with Crippen LogP contribution >= 0.6 is 0 Å². The van der Waals surface area contributed by atoms with Gasteiger partial charge in [0.1, 0.15) is 18.3 Å². The van der Waals surface area contributed by atoms with Gasteiger partial charge in [-0.15, -0.1) is 0 Å². The Morgan fingerprint density at radius 3 is 1.25 bits per heavy atom. The van der Waals surface area contributed by atoms with Crippen molar-refractivity contribution in [3.8, 4) is 131 Å². The fourth-order valence-electron chi connectivity index (χ4n) is 8.50. The SMILES string of the molecule is O=C(O[C@H]1O[C@@H]2COC(=O)c3cc(O)c(O)c(O)c3-c3c(cc(O)c(O)c3O)C(=O)O[C@H]2[C@@H]2OC(=O)c3cc(O)c(O)c(O)c3-c3c(cc(O)c(O)c3O)C(=O)O[C@@H]12)c1cc(O)c(O)c(Oc2c(C(=O)O)cc(O)c(O)c2O)c1. The number of hydrogen-bond donors (Lipinski definition) is 18. The standard InChI is InChI=1S/C48H32O31/c49-15-1-9(2-21(27(15)55)74-38-14(42(66)67)7-20(54)32(60)37(38)65)43(68)79-48-41-40(77-46(71)12-5-18(52)30(58)35(63)25(12)26-13(47(72)78-41)6-19(53)31(59)36(26)64)39-22(75-48)8-73-44(69)10-3-16(50)28(56)33(61)23(10)24-11(45(70)76-39)4-17(51)29(57)34(24)62/h1-7,22,39-41,48-65H,8H2,(H,66,67)/t22-,39-,40+,41-,48-/m1/s1. The van der Waals surface area contributed by atoms with Crippen molar-refractivity contribution in [2.45, 2.75) is 30.7 Å². The zero-order valence-corrected chi connectivity index (χ0v) is 38.5. The number of carbonyl (C=O) groups is 6. The Balaban J connectivity index is 1.24. The quantitative estimate of drug-likeness (QED) is 0.0670. The summed E-state index contributed by atoms with van der Waals surface area (Å²) in [5.41, 5.74) is -11.1. The molecule has 6 aromatic rings. The summed E-state index contributed by atoms with van der Waals surface area (Å²) in [5.74, 6) is -36.9. The number of esters is 5. The van der Waals surface area contributed by atoms with Gasteiger partial charge in [-0.25, -0.2) is 28.8 Å². The van der Waals surface area contributed by atoms with Gasteiger partial charge in [-0.1, -0.05) is 0 Å². The number of carboxylic acid groups (broad SMARTS) is 1. The van der Waals surface area contributed by atoms with Crippen LogP contribution in [-0.2, 0) is 28.4 Å². The normalized spacial score (nSPS) is 18.7. The third-order valence-corrected chi connectivity index (χ3v) is 12.3. The predicted molar refractivity (Wildman–Crippen MR) is 244 cm³/mol. The summed E-state index contributed by atoms with van der Waals surface area (Å²) in [6.45, 7) is -1.36. The zero-order chi connectivity index (χ0) is 57.7. The van der Waals surface area contributed by atoms with E-state index < -0.39 is 238 Å². The summed E-state index contributed by atoms with van der Waals surface area (Å²) in [6.07, 6.45) is -12.9. The molecule has 3 aliphatic heterocycles. The fraction of sp³-hybridized carbons (Fsp3) is 0.125. The zero-order valence-electron chi connectivity index (χ0n) is 38.5. The van der Waals surface area contributed by atoms with Crippen LogP contribution in [0.2, 0.25) is 0 Å². The van der Waals surface area contributed by atoms with E-state index in [2.05, 4.69) is 0 Å². The Kier molecular flexibility index (Phi) is 12.4. The number of phenols is 17. The molecule has 1 fully saturated rings. The van der Waals surface area contributed by atoms with Gasteiger partial charge in [0, 0.05) is 28.3 Å². The molecular formula is C48H32O31. The number of ether oxygens (including phenoxy) is 7. The molecular weight excluding hydrogens is 1070 g/mol. The van der Waals surface area contributed by atoms with Gasteiger partial charge in [-0.3, -0.25) is 0 Å². The average Bonchev–Trinajstić information content (AvgIpc) is 3.50. The Labute approximate surface area is 433 Å². The third kappa shape index (κ3) is 8.40. The fourth-order valence-corrected chi connectivity index (χ4v) is 8.50. The topological polar surface area (TPSA) is 531 Å². The van der Waals surface area contributed by atoms with Crippen LogP contribution in [-0.4, -0.2) is 165 Å². The van der Waals surface area contributed by atoms with Crippen molar-refractivity contribution >= 4 is 35.8 Å². The second-order valence-electron chi connectivity index (χ2n) is 16.9. The van der Waals surface area contributed by atoms with Crippen molar-refractivity contribution in [1.82, 2.24) is 0 Å². The van der Waals surface area contributed by atoms with E-state index in [1.807, 2.05) is 0 Å². The first-order valence-corrected chi connectivity index (χ1v) is 21.7. The molecule has 0 unspecified atom stereocenters. The summed E-state index contributed by atoms with van der Waals surface area (Å²) in [6, 6.07) is 2.82. The highest BCUT2D eigenvalue weighted by molar-refractivity contribution is 6.10. The molecule has 6 aromatic carbocycles. The molecule has 9 rings (SSSR count). The van der Waals surface area contributed by atoms with E-state index in [0.29, 0.717) is 42.5 Å². The lowest BCUT2D eigenvalue weighted by molar-refractivity contribution is -0.282. The van der Waals surface area contributed by atoms with Gasteiger partial charge in [0.25, 0.3) is 0 Å². The van der Waals surface area contributed by atoms with Gasteiger partial charge in [0.15, 0.2) is 81.2 Å². The maximum absolute atomic E-state index is 14.6. The van der Waals surface area contributed by atoms with Crippen molar-refractivity contribution in [3.05, 3.63) is 75.8 Å². The Bertz CT molecular complexity index is 3730. The predicted octanol–water partition coefficient (Wildman–Crippen LogP) is 2.55. The Morgan fingerprint density at radius 2 is 0.810 bits per heavy atom. The molecule has 79 heavy (non-hydrogen) atoms. The lowest BCUT2D eigenvalue weighted by atomic mass is 9.91. The van der Waals surface area contributed by atoms with Crippen LogP contribution in [0.4, 0.5) is 0 Å². The van der Waals surface area contributed by atoms with Crippen molar-refractivity contribution in [2.24, 2.45) is 0 Å². The number of carboxylic acids is 1. The first-order valence-electron chi connectivity index (χ1n) is 21.7. The highest BCUT2D eigenvalue weighted by atomic mass is 16.7. The minimum absolute atomic E-state index is 0.359. The molecule has 0 aromatic heterocycles. The van der Waals surface area contributed by atoms with Crippen molar-refractivity contribution in [3.63, 3.8) is 0 Å². The molecule has 5 atom stereocenters. The van der Waals surface area contributed by atoms with Crippen molar-refractivity contribution in [1.29, 1.82) is 0 Å². The number of carbonyl (C=O) groups excluding carboxylic acids is 5. The molecule has 0 saturated carbocycles. The van der Waals surface area contributed by atoms with Crippen LogP contribution in [0, 0.1) is 0 Å². The molecule has 410 valence electrons. The van der Waals surface area contributed by atoms with Crippen LogP contribution in [0.5, 0.6) is 109 Å². The molecule has 0 bridgehead atoms. The van der Waals surface area contributed by atoms with Crippen LogP contribution in [0.3, 0.4) is 0 Å². The number of aromatic carboxylic acids is 1. The Morgan fingerprint density at radius 1 is 0.430 bits per heavy atom. The summed E-state index contributed by atoms with van der Waals surface area (Å²) >= 11 is 0. The summed E-state index contributed by atoms with van der Waals surface area (Å²) in [7, 11) is 0. The second kappa shape index (κ2) is 18.7. The van der Waals surface area contributed by atoms with E-state index in [0.717, 1.165) is 0 Å². The van der Waals surface area contributed by atoms with E-state index in [9.17, 15) is 121 Å². The van der Waals surface area contributed by atoms with E-state index in [4.69, 9.17) is 33.2 Å². The first kappa shape index (κ1) is 52.4. The van der Waals surface area contributed by atoms with Gasteiger partial charge in [0.2, 0.25) is 52.6 Å². The lowest BCUT2D eigenvalue weighted by Gasteiger charge is -2.44. The van der Waals surface area contributed by atoms with E-state index >= 15 is 0 Å². The molecule has 3 aliphatic rings. The average molecular weight is 1100 g/mol. The highest BCUT2D eigenvalue weighted by Gasteiger charge is 2.56. The maximum atomic E-state index is 14.6. The third-order valence-electron chi connectivity index (χ3n) is 12.3. The highest BCUT2D eigenvalue weighted by Crippen LogP contribution is 2.56. The first-order chi connectivity index (χ1) is 37.1. The molecule has 0 amide bonds. The summed E-state index contributed by atoms with van der Waals surface area (Å²) in [4.78, 5) is 84.2. The van der Waals surface area contributed by atoms with Crippen molar-refractivity contribution in [2.75, 3.05) is 6.61 Å². The van der Waals surface area contributed by atoms with Gasteiger partial charge in [0.05, 0.1) is 27.8 Å². The molecule has 0 radical (unpaired) electrons. The van der Waals surface area contributed by atoms with Gasteiger partial charge in [-0.05, 0) is 36.4 Å². The van der Waals surface area contributed by atoms with Crippen LogP contribution in [0.1, 0.15) is 62.1 Å². The lowest BCUT2D eigenvalue weighted by Crippen LogP contribution is -2.63. The number of hydrogen-bond acceptors (Lipinski definition) is 30. The summed E-state index contributed by atoms with van der Waals surface area (Å²) < 4.78 is 39.2. The number of rotatable bonds is 5. The second-order valence-corrected chi connectivity index (χ2v) is 16.9. The molecule has 31 nitrogen and oxygen atoms in total. The molecule has 18 N–H and O–H groups in total. The van der Waals surface area contributed by atoms with Crippen molar-refractivity contribution < 1.29 is 154 Å². The van der Waals surface area contributed by atoms with E-state index in [1.165, 1.54) is 0 Å². The molecule has 0 aliphatic carbocycles. The largest absolute Gasteiger partial charge is 0.504 e. The number of cyclic esters (lactones) is 1. The molecule has 1 saturated heterocycles. The van der Waals surface area contributed by atoms with E-state index in [-0.39, 0.29) is 0 Å². The number of aromatic hydroxyl groups is 17. The number of fused-ring (bicyclic) bond motifs is 9. The maximum Gasteiger partial charge on any atom is 0.340 e. The van der Waals surface area contributed by atoms with Crippen LogP contribution in [0.25, 0.3) is 22.3 Å². The molecule has 31 heteroatoms. The van der Waals surface area contributed by atoms with Gasteiger partial charge in [-0.2, -0.15) is 0 Å². The van der Waals surface area contributed by atoms with Crippen LogP contribution < -0.4 is 4.74 Å². The molecule has 0 spiro atoms. The number of phenolic OH excluding ortho intramolecular Hbond substituents is 17. The van der Waals surface area contributed by atoms with Gasteiger partial charge < -0.3 is 125 Å².